The van der Waals surface area contributed by atoms with Crippen LogP contribution in [0.15, 0.2) is 55.2 Å². The molecule has 0 aliphatic carbocycles. The fourth-order valence-electron chi connectivity index (χ4n) is 2.28. The van der Waals surface area contributed by atoms with Crippen LogP contribution in [0, 0.1) is 5.82 Å². The number of nitrogen functional groups attached to an aromatic ring is 1. The van der Waals surface area contributed by atoms with Crippen molar-refractivity contribution < 1.29 is 4.39 Å². The quantitative estimate of drug-likeness (QED) is 0.800. The van der Waals surface area contributed by atoms with Gasteiger partial charge in [-0.2, -0.15) is 0 Å². The van der Waals surface area contributed by atoms with Gasteiger partial charge >= 0.3 is 0 Å². The van der Waals surface area contributed by atoms with E-state index in [0.29, 0.717) is 12.2 Å². The lowest BCUT2D eigenvalue weighted by Crippen LogP contribution is -2.03. The summed E-state index contributed by atoms with van der Waals surface area (Å²) in [6.45, 7) is 0.702. The van der Waals surface area contributed by atoms with E-state index in [1.54, 1.807) is 43.1 Å². The molecule has 0 unspecified atom stereocenters. The van der Waals surface area contributed by atoms with Crippen LogP contribution in [0.4, 0.5) is 10.1 Å². The van der Waals surface area contributed by atoms with Gasteiger partial charge in [0.2, 0.25) is 0 Å². The maximum atomic E-state index is 13.2. The maximum absolute atomic E-state index is 13.2. The van der Waals surface area contributed by atoms with Gasteiger partial charge in [-0.3, -0.25) is 4.98 Å². The Bertz CT molecular complexity index is 751. The van der Waals surface area contributed by atoms with Crippen molar-refractivity contribution in [2.75, 3.05) is 5.73 Å². The van der Waals surface area contributed by atoms with Crippen molar-refractivity contribution >= 4 is 5.69 Å². The third kappa shape index (κ3) is 2.91. The van der Waals surface area contributed by atoms with Gasteiger partial charge in [0.15, 0.2) is 0 Å². The highest BCUT2D eigenvalue weighted by Crippen LogP contribution is 2.24. The van der Waals surface area contributed by atoms with Crippen molar-refractivity contribution in [3.05, 3.63) is 66.6 Å². The molecule has 0 saturated heterocycles. The van der Waals surface area contributed by atoms with Gasteiger partial charge in [-0.05, 0) is 30.2 Å². The van der Waals surface area contributed by atoms with E-state index in [-0.39, 0.29) is 5.82 Å². The van der Waals surface area contributed by atoms with Crippen LogP contribution in [0.1, 0.15) is 5.56 Å². The number of pyridine rings is 1. The molecule has 2 heterocycles. The lowest BCUT2D eigenvalue weighted by Gasteiger charge is -2.10. The first-order valence-corrected chi connectivity index (χ1v) is 6.68. The Kier molecular flexibility index (Phi) is 3.64. The minimum atomic E-state index is -0.213. The second-order valence-corrected chi connectivity index (χ2v) is 4.82. The SMILES string of the molecule is Nc1ccncc1-c1cncn1CCc1cccc(F)c1. The molecule has 3 aromatic rings. The summed E-state index contributed by atoms with van der Waals surface area (Å²) in [5.41, 5.74) is 9.36. The molecule has 0 aliphatic rings. The summed E-state index contributed by atoms with van der Waals surface area (Å²) in [7, 11) is 0. The number of nitrogens with zero attached hydrogens (tertiary/aromatic N) is 3. The molecule has 4 nitrogen and oxygen atoms in total. The number of anilines is 1. The Morgan fingerprint density at radius 1 is 1.14 bits per heavy atom. The zero-order valence-corrected chi connectivity index (χ0v) is 11.4. The molecule has 5 heteroatoms. The summed E-state index contributed by atoms with van der Waals surface area (Å²) < 4.78 is 15.2. The van der Waals surface area contributed by atoms with Crippen LogP contribution >= 0.6 is 0 Å². The molecule has 0 bridgehead atoms. The number of benzene rings is 1. The highest BCUT2D eigenvalue weighted by atomic mass is 19.1. The van der Waals surface area contributed by atoms with Gasteiger partial charge in [0.05, 0.1) is 18.2 Å². The normalized spacial score (nSPS) is 10.7. The van der Waals surface area contributed by atoms with Gasteiger partial charge < -0.3 is 10.3 Å². The first-order chi connectivity index (χ1) is 10.2. The topological polar surface area (TPSA) is 56.7 Å². The van der Waals surface area contributed by atoms with Crippen molar-refractivity contribution in [1.82, 2.24) is 14.5 Å². The van der Waals surface area contributed by atoms with Crippen molar-refractivity contribution in [1.29, 1.82) is 0 Å². The Balaban J connectivity index is 1.82. The average Bonchev–Trinajstić information content (AvgIpc) is 2.94. The summed E-state index contributed by atoms with van der Waals surface area (Å²) in [6.07, 6.45) is 7.62. The second-order valence-electron chi connectivity index (χ2n) is 4.82. The van der Waals surface area contributed by atoms with Crippen LogP contribution in [0.3, 0.4) is 0 Å². The van der Waals surface area contributed by atoms with E-state index in [2.05, 4.69) is 9.97 Å². The predicted octanol–water partition coefficient (Wildman–Crippen LogP) is 2.91. The molecule has 1 aromatic carbocycles. The van der Waals surface area contributed by atoms with E-state index in [0.717, 1.165) is 23.2 Å². The predicted molar refractivity (Wildman–Crippen MR) is 80.0 cm³/mol. The van der Waals surface area contributed by atoms with Crippen LogP contribution in [0.2, 0.25) is 0 Å². The maximum Gasteiger partial charge on any atom is 0.123 e. The minimum absolute atomic E-state index is 0.213. The summed E-state index contributed by atoms with van der Waals surface area (Å²) in [6, 6.07) is 8.40. The molecule has 0 spiro atoms. The first kappa shape index (κ1) is 13.3. The Labute approximate surface area is 122 Å². The molecular formula is C16H15FN4. The smallest absolute Gasteiger partial charge is 0.123 e. The standard InChI is InChI=1S/C16H15FN4/c17-13-3-1-2-12(8-13)5-7-21-11-20-10-16(21)14-9-19-6-4-15(14)18/h1-4,6,8-11H,5,7H2,(H2,18,19). The number of imidazole rings is 1. The highest BCUT2D eigenvalue weighted by molar-refractivity contribution is 5.72. The Morgan fingerprint density at radius 2 is 2.05 bits per heavy atom. The van der Waals surface area contributed by atoms with E-state index in [9.17, 15) is 4.39 Å². The number of rotatable bonds is 4. The second kappa shape index (κ2) is 5.75. The third-order valence-electron chi connectivity index (χ3n) is 3.37. The number of hydrogen-bond acceptors (Lipinski definition) is 3. The van der Waals surface area contributed by atoms with Gasteiger partial charge in [-0.25, -0.2) is 9.37 Å². The van der Waals surface area contributed by atoms with Crippen molar-refractivity contribution in [3.63, 3.8) is 0 Å². The van der Waals surface area contributed by atoms with Crippen LogP contribution in [0.25, 0.3) is 11.3 Å². The lowest BCUT2D eigenvalue weighted by molar-refractivity contribution is 0.622. The number of aryl methyl sites for hydroxylation is 2. The van der Waals surface area contributed by atoms with Crippen LogP contribution in [-0.4, -0.2) is 14.5 Å². The lowest BCUT2D eigenvalue weighted by atomic mass is 10.1. The average molecular weight is 282 g/mol. The Hall–Kier alpha value is -2.69. The molecule has 106 valence electrons. The zero-order valence-electron chi connectivity index (χ0n) is 11.4. The van der Waals surface area contributed by atoms with Gasteiger partial charge in [0, 0.05) is 30.2 Å². The minimum Gasteiger partial charge on any atom is -0.398 e. The van der Waals surface area contributed by atoms with E-state index >= 15 is 0 Å². The molecule has 3 rings (SSSR count). The number of hydrogen-bond donors (Lipinski definition) is 1. The molecular weight excluding hydrogens is 267 g/mol. The molecule has 0 saturated carbocycles. The summed E-state index contributed by atoms with van der Waals surface area (Å²) in [4.78, 5) is 8.28. The molecule has 0 aliphatic heterocycles. The molecule has 0 atom stereocenters. The van der Waals surface area contributed by atoms with E-state index in [1.807, 2.05) is 10.6 Å². The van der Waals surface area contributed by atoms with Gasteiger partial charge in [-0.15, -0.1) is 0 Å². The van der Waals surface area contributed by atoms with Crippen LogP contribution in [0.5, 0.6) is 0 Å². The van der Waals surface area contributed by atoms with Crippen molar-refractivity contribution in [2.24, 2.45) is 0 Å². The van der Waals surface area contributed by atoms with Gasteiger partial charge in [0.25, 0.3) is 0 Å². The molecule has 2 N–H and O–H groups in total. The molecule has 0 radical (unpaired) electrons. The number of aromatic nitrogens is 3. The molecule has 2 aromatic heterocycles. The summed E-state index contributed by atoms with van der Waals surface area (Å²) in [5.74, 6) is -0.213. The molecule has 21 heavy (non-hydrogen) atoms. The monoisotopic (exact) mass is 282 g/mol. The zero-order chi connectivity index (χ0) is 14.7. The van der Waals surface area contributed by atoms with Crippen LogP contribution < -0.4 is 5.73 Å². The van der Waals surface area contributed by atoms with E-state index in [1.165, 1.54) is 6.07 Å². The fourth-order valence-corrected chi connectivity index (χ4v) is 2.28. The van der Waals surface area contributed by atoms with Gasteiger partial charge in [0.1, 0.15) is 5.82 Å². The largest absolute Gasteiger partial charge is 0.398 e. The number of nitrogens with two attached hydrogens (primary N) is 1. The summed E-state index contributed by atoms with van der Waals surface area (Å²) >= 11 is 0. The third-order valence-corrected chi connectivity index (χ3v) is 3.37. The Morgan fingerprint density at radius 3 is 2.86 bits per heavy atom. The van der Waals surface area contributed by atoms with Crippen molar-refractivity contribution in [3.8, 4) is 11.3 Å². The first-order valence-electron chi connectivity index (χ1n) is 6.68. The van der Waals surface area contributed by atoms with Crippen molar-refractivity contribution in [2.45, 2.75) is 13.0 Å². The van der Waals surface area contributed by atoms with E-state index < -0.39 is 0 Å². The fraction of sp³-hybridized carbons (Fsp3) is 0.125. The highest BCUT2D eigenvalue weighted by Gasteiger charge is 2.08. The van der Waals surface area contributed by atoms with Gasteiger partial charge in [-0.1, -0.05) is 12.1 Å². The summed E-state index contributed by atoms with van der Waals surface area (Å²) in [5, 5.41) is 0. The molecule has 0 amide bonds. The molecule has 0 fully saturated rings. The van der Waals surface area contributed by atoms with Crippen LogP contribution in [-0.2, 0) is 13.0 Å². The van der Waals surface area contributed by atoms with E-state index in [4.69, 9.17) is 5.73 Å². The number of halogens is 1.